The lowest BCUT2D eigenvalue weighted by Gasteiger charge is -2.66. The van der Waals surface area contributed by atoms with Gasteiger partial charge in [0, 0.05) is 12.3 Å². The molecule has 0 saturated heterocycles. The molecule has 4 N–H and O–H groups in total. The van der Waals surface area contributed by atoms with Gasteiger partial charge in [-0.15, -0.1) is 0 Å². The lowest BCUT2D eigenvalue weighted by atomic mass is 9.40. The minimum absolute atomic E-state index is 0.0199. The number of Topliss-reactive ketones (excluding diaryl/α,β-unsaturated/α-hetero) is 1. The third-order valence-corrected chi connectivity index (χ3v) is 11.7. The van der Waals surface area contributed by atoms with Crippen LogP contribution in [-0.2, 0) is 28.6 Å². The van der Waals surface area contributed by atoms with Crippen LogP contribution in [-0.4, -0.2) is 80.8 Å². The van der Waals surface area contributed by atoms with Gasteiger partial charge in [0.25, 0.3) is 0 Å². The van der Waals surface area contributed by atoms with Gasteiger partial charge in [0.2, 0.25) is 0 Å². The van der Waals surface area contributed by atoms with Crippen molar-refractivity contribution in [3.63, 3.8) is 0 Å². The second-order valence-electron chi connectivity index (χ2n) is 16.6. The van der Waals surface area contributed by atoms with E-state index >= 15 is 0 Å². The molecule has 4 aliphatic carbocycles. The molecule has 4 aliphatic rings. The molecule has 1 amide bonds. The van der Waals surface area contributed by atoms with Gasteiger partial charge in [-0.3, -0.25) is 9.59 Å². The first-order valence-corrected chi connectivity index (χ1v) is 17.4. The Morgan fingerprint density at radius 1 is 1.10 bits per heavy atom. The van der Waals surface area contributed by atoms with E-state index in [1.165, 1.54) is 0 Å². The van der Waals surface area contributed by atoms with Crippen LogP contribution in [0.4, 0.5) is 4.79 Å². The summed E-state index contributed by atoms with van der Waals surface area (Å²) in [4.78, 5) is 54.0. The van der Waals surface area contributed by atoms with Crippen molar-refractivity contribution in [2.75, 3.05) is 0 Å². The van der Waals surface area contributed by atoms with E-state index in [-0.39, 0.29) is 30.6 Å². The summed E-state index contributed by atoms with van der Waals surface area (Å²) in [5, 5.41) is 37.6. The molecule has 3 fully saturated rings. The summed E-state index contributed by atoms with van der Waals surface area (Å²) in [6, 6.07) is -1.15. The number of carbonyl (C=O) groups is 4. The van der Waals surface area contributed by atoms with E-state index in [0.717, 1.165) is 12.0 Å². The van der Waals surface area contributed by atoms with Crippen molar-refractivity contribution in [2.45, 2.75) is 150 Å². The molecule has 11 nitrogen and oxygen atoms in total. The zero-order chi connectivity index (χ0) is 36.3. The number of aliphatic hydroxyl groups excluding tert-OH is 2. The van der Waals surface area contributed by atoms with Crippen LogP contribution in [0.15, 0.2) is 22.8 Å². The Kier molecular flexibility index (Phi) is 10.4. The molecular weight excluding hydrogens is 618 g/mol. The van der Waals surface area contributed by atoms with E-state index < -0.39 is 82.2 Å². The third kappa shape index (κ3) is 6.59. The highest BCUT2D eigenvalue weighted by Gasteiger charge is 2.70. The van der Waals surface area contributed by atoms with E-state index in [4.69, 9.17) is 14.2 Å². The monoisotopic (exact) mass is 675 g/mol. The van der Waals surface area contributed by atoms with Crippen LogP contribution in [0.25, 0.3) is 0 Å². The van der Waals surface area contributed by atoms with Crippen LogP contribution < -0.4 is 5.32 Å². The summed E-state index contributed by atoms with van der Waals surface area (Å²) in [5.41, 5.74) is -2.35. The number of fused-ring (bicyclic) bond motifs is 5. The maximum atomic E-state index is 14.9. The van der Waals surface area contributed by atoms with E-state index in [9.17, 15) is 34.5 Å². The molecule has 4 rings (SSSR count). The largest absolute Gasteiger partial charge is 0.456 e. The van der Waals surface area contributed by atoms with E-state index in [1.54, 1.807) is 61.5 Å². The Morgan fingerprint density at radius 3 is 2.25 bits per heavy atom. The Hall–Kier alpha value is -2.76. The number of amides is 1. The molecule has 0 aromatic rings. The fourth-order valence-corrected chi connectivity index (χ4v) is 9.42. The first-order chi connectivity index (χ1) is 22.0. The van der Waals surface area contributed by atoms with Crippen molar-refractivity contribution in [2.24, 2.45) is 34.5 Å². The average molecular weight is 676 g/mol. The van der Waals surface area contributed by atoms with Gasteiger partial charge < -0.3 is 34.8 Å². The van der Waals surface area contributed by atoms with Gasteiger partial charge in [0.15, 0.2) is 18.0 Å². The first kappa shape index (κ1) is 38.0. The van der Waals surface area contributed by atoms with Crippen LogP contribution in [0.5, 0.6) is 0 Å². The normalized spacial score (nSPS) is 36.9. The SMILES string of the molecule is CCC(=O)OC1C(=O)[C@]2(C)C(O)C[C@H]3CCC3(O)[C@H]2[C@H](C)C2CC(OC(=O)C(O)C(C=C(C)C)NC(=O)OC(C)(C)C)C(C)=C1C2(C)C. The van der Waals surface area contributed by atoms with Gasteiger partial charge in [-0.25, -0.2) is 9.59 Å². The average Bonchev–Trinajstić information content (AvgIpc) is 2.96. The van der Waals surface area contributed by atoms with Gasteiger partial charge in [0.1, 0.15) is 11.7 Å². The standard InChI is InChI=1S/C37H57NO10/c1-12-26(40)47-29-27-20(5)24(46-32(43)28(41)23(15-18(2)3)38-33(44)48-34(6,7)8)17-22(35(27,9)10)19(4)30-36(11,31(29)42)25(39)16-21-13-14-37(21,30)45/h15,19,21-25,28-30,39,41,45H,12-14,16-17H2,1-11H3,(H,38,44)/t19-,21-,22?,23?,24?,25?,28?,29?,30+,36-,37?/m1/s1. The Balaban J connectivity index is 1.78. The number of ketones is 1. The van der Waals surface area contributed by atoms with Crippen LogP contribution >= 0.6 is 0 Å². The Labute approximate surface area is 284 Å². The number of nitrogens with one attached hydrogen (secondary N) is 1. The maximum absolute atomic E-state index is 14.9. The lowest BCUT2D eigenvalue weighted by molar-refractivity contribution is -0.255. The van der Waals surface area contributed by atoms with Gasteiger partial charge in [-0.05, 0) is 108 Å². The molecule has 0 spiro atoms. The maximum Gasteiger partial charge on any atom is 0.408 e. The summed E-state index contributed by atoms with van der Waals surface area (Å²) in [5.74, 6) is -3.44. The molecule has 11 heteroatoms. The highest BCUT2D eigenvalue weighted by Crippen LogP contribution is 2.66. The summed E-state index contributed by atoms with van der Waals surface area (Å²) in [6.07, 6.45) is -2.52. The summed E-state index contributed by atoms with van der Waals surface area (Å²) >= 11 is 0. The smallest absolute Gasteiger partial charge is 0.408 e. The topological polar surface area (TPSA) is 169 Å². The molecule has 7 unspecified atom stereocenters. The number of aliphatic hydroxyl groups is 3. The van der Waals surface area contributed by atoms with Crippen molar-refractivity contribution in [3.05, 3.63) is 22.8 Å². The quantitative estimate of drug-likeness (QED) is 0.171. The Bertz CT molecular complexity index is 1370. The molecule has 0 aromatic heterocycles. The number of alkyl carbamates (subject to hydrolysis) is 1. The molecular formula is C37H57NO10. The zero-order valence-electron chi connectivity index (χ0n) is 30.5. The number of allylic oxidation sites excluding steroid dienone is 1. The second kappa shape index (κ2) is 13.2. The van der Waals surface area contributed by atoms with E-state index in [2.05, 4.69) is 5.32 Å². The summed E-state index contributed by atoms with van der Waals surface area (Å²) in [7, 11) is 0. The molecule has 11 atom stereocenters. The van der Waals surface area contributed by atoms with Crippen LogP contribution in [0.1, 0.15) is 108 Å². The molecule has 3 saturated carbocycles. The number of esters is 2. The minimum atomic E-state index is -1.79. The van der Waals surface area contributed by atoms with Gasteiger partial charge in [-0.1, -0.05) is 39.3 Å². The van der Waals surface area contributed by atoms with Crippen molar-refractivity contribution in [1.29, 1.82) is 0 Å². The highest BCUT2D eigenvalue weighted by atomic mass is 16.6. The fourth-order valence-electron chi connectivity index (χ4n) is 9.42. The first-order valence-electron chi connectivity index (χ1n) is 17.4. The molecule has 270 valence electrons. The molecule has 48 heavy (non-hydrogen) atoms. The number of rotatable bonds is 7. The number of hydrogen-bond donors (Lipinski definition) is 4. The van der Waals surface area contributed by atoms with E-state index in [1.807, 2.05) is 20.8 Å². The van der Waals surface area contributed by atoms with Crippen molar-refractivity contribution < 1.29 is 48.7 Å². The number of ether oxygens (including phenoxy) is 3. The summed E-state index contributed by atoms with van der Waals surface area (Å²) in [6.45, 7) is 19.7. The highest BCUT2D eigenvalue weighted by molar-refractivity contribution is 5.95. The van der Waals surface area contributed by atoms with Crippen LogP contribution in [0.2, 0.25) is 0 Å². The molecule has 0 radical (unpaired) electrons. The number of hydrogen-bond acceptors (Lipinski definition) is 10. The third-order valence-electron chi connectivity index (χ3n) is 11.7. The minimum Gasteiger partial charge on any atom is -0.456 e. The summed E-state index contributed by atoms with van der Waals surface area (Å²) < 4.78 is 17.3. The zero-order valence-corrected chi connectivity index (χ0v) is 30.5. The van der Waals surface area contributed by atoms with Gasteiger partial charge >= 0.3 is 18.0 Å². The second-order valence-corrected chi connectivity index (χ2v) is 16.6. The predicted molar refractivity (Wildman–Crippen MR) is 177 cm³/mol. The molecule has 0 aromatic carbocycles. The molecule has 0 heterocycles. The van der Waals surface area contributed by atoms with Crippen LogP contribution in [0.3, 0.4) is 0 Å². The van der Waals surface area contributed by atoms with Gasteiger partial charge in [-0.2, -0.15) is 0 Å². The van der Waals surface area contributed by atoms with Crippen LogP contribution in [0, 0.1) is 34.5 Å². The fraction of sp³-hybridized carbons (Fsp3) is 0.784. The molecule has 0 aliphatic heterocycles. The van der Waals surface area contributed by atoms with Crippen molar-refractivity contribution in [1.82, 2.24) is 5.32 Å². The predicted octanol–water partition coefficient (Wildman–Crippen LogP) is 4.55. The van der Waals surface area contributed by atoms with Crippen molar-refractivity contribution in [3.8, 4) is 0 Å². The molecule has 2 bridgehead atoms. The Morgan fingerprint density at radius 2 is 1.73 bits per heavy atom. The lowest BCUT2D eigenvalue weighted by Crippen LogP contribution is -2.72. The van der Waals surface area contributed by atoms with E-state index in [0.29, 0.717) is 24.0 Å². The van der Waals surface area contributed by atoms with Crippen molar-refractivity contribution >= 4 is 23.8 Å². The van der Waals surface area contributed by atoms with Gasteiger partial charge in [0.05, 0.1) is 23.2 Å². The number of carbonyl (C=O) groups excluding carboxylic acids is 4.